The molecule has 3 aromatic heterocycles. The molecule has 1 fully saturated rings. The summed E-state index contributed by atoms with van der Waals surface area (Å²) in [7, 11) is 0. The van der Waals surface area contributed by atoms with Gasteiger partial charge in [-0.1, -0.05) is 18.3 Å². The molecule has 1 saturated heterocycles. The summed E-state index contributed by atoms with van der Waals surface area (Å²) in [6.45, 7) is 4.36. The highest BCUT2D eigenvalue weighted by Gasteiger charge is 2.34. The molecule has 0 radical (unpaired) electrons. The molecule has 1 aliphatic heterocycles. The van der Waals surface area contributed by atoms with Gasteiger partial charge in [0.2, 0.25) is 0 Å². The van der Waals surface area contributed by atoms with Crippen LogP contribution in [0.2, 0.25) is 0 Å². The first-order valence-corrected chi connectivity index (χ1v) is 10.5. The van der Waals surface area contributed by atoms with E-state index < -0.39 is 11.8 Å². The number of rotatable bonds is 2. The van der Waals surface area contributed by atoms with Crippen LogP contribution in [0.1, 0.15) is 36.9 Å². The number of hydrogen-bond donors (Lipinski definition) is 3. The average Bonchev–Trinajstić information content (AvgIpc) is 3.09. The number of likely N-dealkylation sites (tertiary alicyclic amines) is 1. The highest BCUT2D eigenvalue weighted by atomic mass is 32.1. The SMILES string of the molecule is Cc1cc(NC(=O)C(=O)N2C[C@H](C)CC[C@H]2c2cnc3sc(N)nc3c2)cnc1N. The molecule has 0 saturated carbocycles. The number of carbonyl (C=O) groups excluding carboxylic acids is 2. The number of thiazole rings is 1. The summed E-state index contributed by atoms with van der Waals surface area (Å²) in [4.78, 5) is 40.9. The Hall–Kier alpha value is -3.27. The van der Waals surface area contributed by atoms with Crippen molar-refractivity contribution in [1.29, 1.82) is 0 Å². The van der Waals surface area contributed by atoms with Gasteiger partial charge in [0, 0.05) is 12.7 Å². The van der Waals surface area contributed by atoms with E-state index in [0.29, 0.717) is 34.6 Å². The predicted octanol–water partition coefficient (Wildman–Crippen LogP) is 2.50. The summed E-state index contributed by atoms with van der Waals surface area (Å²) in [5.41, 5.74) is 14.2. The third-order valence-electron chi connectivity index (χ3n) is 5.32. The third kappa shape index (κ3) is 3.90. The average molecular weight is 426 g/mol. The molecule has 0 spiro atoms. The molecular weight excluding hydrogens is 402 g/mol. The number of amides is 2. The topological polar surface area (TPSA) is 140 Å². The summed E-state index contributed by atoms with van der Waals surface area (Å²) in [5.74, 6) is -0.606. The van der Waals surface area contributed by atoms with E-state index in [9.17, 15) is 9.59 Å². The van der Waals surface area contributed by atoms with E-state index in [0.717, 1.165) is 28.8 Å². The van der Waals surface area contributed by atoms with Gasteiger partial charge < -0.3 is 21.7 Å². The number of nitrogens with zero attached hydrogens (tertiary/aromatic N) is 4. The van der Waals surface area contributed by atoms with Gasteiger partial charge in [0.25, 0.3) is 0 Å². The van der Waals surface area contributed by atoms with Crippen LogP contribution in [0.4, 0.5) is 16.6 Å². The minimum atomic E-state index is -0.702. The molecule has 2 amide bonds. The first-order valence-electron chi connectivity index (χ1n) is 9.68. The van der Waals surface area contributed by atoms with Crippen LogP contribution in [0.5, 0.6) is 0 Å². The molecule has 5 N–H and O–H groups in total. The fourth-order valence-electron chi connectivity index (χ4n) is 3.73. The number of aryl methyl sites for hydroxylation is 1. The van der Waals surface area contributed by atoms with Crippen molar-refractivity contribution >= 4 is 50.1 Å². The lowest BCUT2D eigenvalue weighted by molar-refractivity contribution is -0.146. The van der Waals surface area contributed by atoms with Gasteiger partial charge in [-0.05, 0) is 48.9 Å². The van der Waals surface area contributed by atoms with E-state index in [2.05, 4.69) is 27.2 Å². The van der Waals surface area contributed by atoms with E-state index in [1.807, 2.05) is 6.07 Å². The van der Waals surface area contributed by atoms with Crippen LogP contribution in [-0.2, 0) is 9.59 Å². The van der Waals surface area contributed by atoms with Gasteiger partial charge >= 0.3 is 11.8 Å². The Kier molecular flexibility index (Phi) is 5.25. The molecule has 10 heteroatoms. The van der Waals surface area contributed by atoms with E-state index in [1.54, 1.807) is 24.1 Å². The molecule has 30 heavy (non-hydrogen) atoms. The molecular formula is C20H23N7O2S. The molecule has 0 aromatic carbocycles. The van der Waals surface area contributed by atoms with Crippen molar-refractivity contribution in [3.8, 4) is 0 Å². The Bertz CT molecular complexity index is 1130. The molecule has 0 unspecified atom stereocenters. The van der Waals surface area contributed by atoms with Crippen LogP contribution in [0.25, 0.3) is 10.3 Å². The second-order valence-electron chi connectivity index (χ2n) is 7.68. The van der Waals surface area contributed by atoms with Crippen molar-refractivity contribution in [3.05, 3.63) is 35.7 Å². The van der Waals surface area contributed by atoms with Gasteiger partial charge in [0.05, 0.1) is 17.9 Å². The monoisotopic (exact) mass is 425 g/mol. The van der Waals surface area contributed by atoms with Crippen LogP contribution in [0.3, 0.4) is 0 Å². The molecule has 0 bridgehead atoms. The minimum absolute atomic E-state index is 0.245. The van der Waals surface area contributed by atoms with Gasteiger partial charge in [-0.25, -0.2) is 15.0 Å². The zero-order chi connectivity index (χ0) is 21.4. The van der Waals surface area contributed by atoms with Gasteiger partial charge in [-0.3, -0.25) is 9.59 Å². The molecule has 2 atom stereocenters. The number of hydrogen-bond acceptors (Lipinski definition) is 8. The van der Waals surface area contributed by atoms with Crippen LogP contribution in [-0.4, -0.2) is 38.2 Å². The highest BCUT2D eigenvalue weighted by Crippen LogP contribution is 2.35. The fraction of sp³-hybridized carbons (Fsp3) is 0.350. The maximum absolute atomic E-state index is 13.1. The standard InChI is InChI=1S/C20H23N7O2S/c1-10-3-4-15(12-6-14-18(24-7-12)30-20(22)26-14)27(9-10)19(29)17(28)25-13-5-11(2)16(21)23-8-13/h5-8,10,15H,3-4,9H2,1-2H3,(H2,21,23)(H2,22,26)(H,25,28)/t10-,15+/m1/s1. The van der Waals surface area contributed by atoms with Crippen LogP contribution in [0.15, 0.2) is 24.5 Å². The second kappa shape index (κ2) is 7.86. The van der Waals surface area contributed by atoms with E-state index in [-0.39, 0.29) is 6.04 Å². The van der Waals surface area contributed by atoms with Crippen molar-refractivity contribution in [3.63, 3.8) is 0 Å². The largest absolute Gasteiger partial charge is 0.383 e. The summed E-state index contributed by atoms with van der Waals surface area (Å²) >= 11 is 1.32. The van der Waals surface area contributed by atoms with Gasteiger partial charge in [-0.15, -0.1) is 0 Å². The Morgan fingerprint density at radius 2 is 2.00 bits per heavy atom. The molecule has 156 valence electrons. The number of carbonyl (C=O) groups is 2. The van der Waals surface area contributed by atoms with Gasteiger partial charge in [0.1, 0.15) is 16.2 Å². The molecule has 4 rings (SSSR count). The number of nitrogen functional groups attached to an aromatic ring is 2. The van der Waals surface area contributed by atoms with Crippen LogP contribution < -0.4 is 16.8 Å². The van der Waals surface area contributed by atoms with Crippen molar-refractivity contribution < 1.29 is 9.59 Å². The molecule has 3 aromatic rings. The predicted molar refractivity (Wildman–Crippen MR) is 117 cm³/mol. The van der Waals surface area contributed by atoms with E-state index >= 15 is 0 Å². The third-order valence-corrected chi connectivity index (χ3v) is 6.13. The molecule has 9 nitrogen and oxygen atoms in total. The number of aromatic nitrogens is 3. The Morgan fingerprint density at radius 1 is 1.20 bits per heavy atom. The normalized spacial score (nSPS) is 19.1. The quantitative estimate of drug-likeness (QED) is 0.536. The highest BCUT2D eigenvalue weighted by molar-refractivity contribution is 7.21. The van der Waals surface area contributed by atoms with Crippen LogP contribution >= 0.6 is 11.3 Å². The zero-order valence-corrected chi connectivity index (χ0v) is 17.6. The Morgan fingerprint density at radius 3 is 2.77 bits per heavy atom. The van der Waals surface area contributed by atoms with Crippen molar-refractivity contribution in [2.24, 2.45) is 5.92 Å². The number of nitrogens with one attached hydrogen (secondary N) is 1. The van der Waals surface area contributed by atoms with Gasteiger partial charge in [-0.2, -0.15) is 0 Å². The Balaban J connectivity index is 1.58. The minimum Gasteiger partial charge on any atom is -0.383 e. The van der Waals surface area contributed by atoms with E-state index in [4.69, 9.17) is 11.5 Å². The number of anilines is 3. The summed E-state index contributed by atoms with van der Waals surface area (Å²) < 4.78 is 0. The smallest absolute Gasteiger partial charge is 0.313 e. The number of pyridine rings is 2. The molecule has 4 heterocycles. The summed E-state index contributed by atoms with van der Waals surface area (Å²) in [5, 5.41) is 3.09. The van der Waals surface area contributed by atoms with E-state index in [1.165, 1.54) is 17.5 Å². The zero-order valence-electron chi connectivity index (χ0n) is 16.8. The van der Waals surface area contributed by atoms with Crippen LogP contribution in [0, 0.1) is 12.8 Å². The number of nitrogens with two attached hydrogens (primary N) is 2. The number of fused-ring (bicyclic) bond motifs is 1. The first-order chi connectivity index (χ1) is 14.3. The lowest BCUT2D eigenvalue weighted by Gasteiger charge is -2.38. The Labute approximate surface area is 177 Å². The summed E-state index contributed by atoms with van der Waals surface area (Å²) in [6, 6.07) is 3.35. The lowest BCUT2D eigenvalue weighted by Crippen LogP contribution is -2.46. The van der Waals surface area contributed by atoms with Crippen molar-refractivity contribution in [1.82, 2.24) is 19.9 Å². The maximum atomic E-state index is 13.1. The summed E-state index contributed by atoms with van der Waals surface area (Å²) in [6.07, 6.45) is 4.88. The van der Waals surface area contributed by atoms with Crippen molar-refractivity contribution in [2.75, 3.05) is 23.3 Å². The van der Waals surface area contributed by atoms with Gasteiger partial charge in [0.15, 0.2) is 5.13 Å². The number of piperidine rings is 1. The fourth-order valence-corrected chi connectivity index (χ4v) is 4.39. The first kappa shape index (κ1) is 20.0. The lowest BCUT2D eigenvalue weighted by atomic mass is 9.90. The van der Waals surface area contributed by atoms with Crippen molar-refractivity contribution in [2.45, 2.75) is 32.7 Å². The molecule has 0 aliphatic carbocycles. The maximum Gasteiger partial charge on any atom is 0.313 e. The second-order valence-corrected chi connectivity index (χ2v) is 8.69. The molecule has 1 aliphatic rings.